The summed E-state index contributed by atoms with van der Waals surface area (Å²) in [6.07, 6.45) is 6.59. The lowest BCUT2D eigenvalue weighted by Crippen LogP contribution is -2.46. The Bertz CT molecular complexity index is 526. The summed E-state index contributed by atoms with van der Waals surface area (Å²) >= 11 is 0. The Hall–Kier alpha value is -1.51. The fourth-order valence-corrected chi connectivity index (χ4v) is 3.93. The number of hydrogen-bond donors (Lipinski definition) is 1. The smallest absolute Gasteiger partial charge is 0.321 e. The number of rotatable bonds is 1. The highest BCUT2D eigenvalue weighted by molar-refractivity contribution is 5.90. The zero-order valence-corrected chi connectivity index (χ0v) is 13.2. The van der Waals surface area contributed by atoms with Crippen molar-refractivity contribution in [2.24, 2.45) is 11.8 Å². The van der Waals surface area contributed by atoms with E-state index >= 15 is 0 Å². The molecule has 0 bridgehead atoms. The van der Waals surface area contributed by atoms with Gasteiger partial charge < -0.3 is 10.2 Å². The number of hydrogen-bond acceptors (Lipinski definition) is 1. The van der Waals surface area contributed by atoms with Crippen LogP contribution >= 0.6 is 0 Å². The molecule has 2 amide bonds. The van der Waals surface area contributed by atoms with Crippen molar-refractivity contribution in [3.05, 3.63) is 29.3 Å². The lowest BCUT2D eigenvalue weighted by atomic mass is 9.75. The summed E-state index contributed by atoms with van der Waals surface area (Å²) in [4.78, 5) is 14.5. The number of likely N-dealkylation sites (tertiary alicyclic amines) is 1. The molecule has 0 aromatic heterocycles. The molecule has 3 nitrogen and oxygen atoms in total. The summed E-state index contributed by atoms with van der Waals surface area (Å²) in [6, 6.07) is 6.25. The highest BCUT2D eigenvalue weighted by Crippen LogP contribution is 2.36. The normalized spacial score (nSPS) is 25.3. The highest BCUT2D eigenvalue weighted by atomic mass is 16.2. The van der Waals surface area contributed by atoms with E-state index in [0.717, 1.165) is 36.2 Å². The third-order valence-electron chi connectivity index (χ3n) is 5.20. The van der Waals surface area contributed by atoms with Crippen LogP contribution in [0.25, 0.3) is 0 Å². The van der Waals surface area contributed by atoms with Crippen molar-refractivity contribution < 1.29 is 4.79 Å². The van der Waals surface area contributed by atoms with E-state index < -0.39 is 0 Å². The predicted octanol–water partition coefficient (Wildman–Crippen LogP) is 4.35. The van der Waals surface area contributed by atoms with E-state index in [0.29, 0.717) is 0 Å². The van der Waals surface area contributed by atoms with E-state index in [4.69, 9.17) is 0 Å². The molecule has 1 N–H and O–H groups in total. The van der Waals surface area contributed by atoms with Crippen LogP contribution < -0.4 is 5.32 Å². The fraction of sp³-hybridized carbons (Fsp3) is 0.611. The van der Waals surface area contributed by atoms with Gasteiger partial charge in [0.25, 0.3) is 0 Å². The molecule has 2 atom stereocenters. The van der Waals surface area contributed by atoms with Gasteiger partial charge in [0.05, 0.1) is 0 Å². The lowest BCUT2D eigenvalue weighted by Gasteiger charge is -2.41. The molecule has 1 saturated carbocycles. The van der Waals surface area contributed by atoms with E-state index in [9.17, 15) is 4.79 Å². The third-order valence-corrected chi connectivity index (χ3v) is 5.20. The van der Waals surface area contributed by atoms with E-state index in [1.54, 1.807) is 0 Å². The van der Waals surface area contributed by atoms with E-state index in [1.165, 1.54) is 37.7 Å². The number of carbonyl (C=O) groups is 1. The van der Waals surface area contributed by atoms with Gasteiger partial charge in [0.2, 0.25) is 0 Å². The maximum absolute atomic E-state index is 12.5. The van der Waals surface area contributed by atoms with Gasteiger partial charge in [0, 0.05) is 18.8 Å². The van der Waals surface area contributed by atoms with Crippen LogP contribution in [-0.4, -0.2) is 24.0 Å². The number of fused-ring (bicyclic) bond motifs is 1. The minimum Gasteiger partial charge on any atom is -0.324 e. The van der Waals surface area contributed by atoms with Gasteiger partial charge in [-0.3, -0.25) is 0 Å². The zero-order valence-electron chi connectivity index (χ0n) is 13.2. The van der Waals surface area contributed by atoms with Crippen LogP contribution in [-0.2, 0) is 0 Å². The molecule has 1 aliphatic heterocycles. The van der Waals surface area contributed by atoms with Gasteiger partial charge in [-0.2, -0.15) is 0 Å². The SMILES string of the molecule is Cc1ccc(NC(=O)N2CC[C@H]3CCCC[C@@H]3C2)c(C)c1. The minimum absolute atomic E-state index is 0.0750. The van der Waals surface area contributed by atoms with Crippen molar-refractivity contribution in [1.29, 1.82) is 0 Å². The van der Waals surface area contributed by atoms with E-state index in [1.807, 2.05) is 11.0 Å². The second-order valence-electron chi connectivity index (χ2n) is 6.79. The van der Waals surface area contributed by atoms with Crippen LogP contribution in [0.15, 0.2) is 18.2 Å². The first-order valence-corrected chi connectivity index (χ1v) is 8.26. The molecule has 1 saturated heterocycles. The highest BCUT2D eigenvalue weighted by Gasteiger charge is 2.32. The molecule has 21 heavy (non-hydrogen) atoms. The molecule has 1 aromatic carbocycles. The van der Waals surface area contributed by atoms with Gasteiger partial charge in [-0.25, -0.2) is 4.79 Å². The monoisotopic (exact) mass is 286 g/mol. The Morgan fingerprint density at radius 2 is 1.90 bits per heavy atom. The van der Waals surface area contributed by atoms with Crippen LogP contribution in [0.2, 0.25) is 0 Å². The molecule has 3 heteroatoms. The summed E-state index contributed by atoms with van der Waals surface area (Å²) in [5.41, 5.74) is 3.31. The molecule has 2 aliphatic rings. The van der Waals surface area contributed by atoms with Crippen molar-refractivity contribution in [3.8, 4) is 0 Å². The molecule has 1 aliphatic carbocycles. The van der Waals surface area contributed by atoms with Crippen molar-refractivity contribution in [2.45, 2.75) is 46.0 Å². The van der Waals surface area contributed by atoms with Crippen LogP contribution in [0, 0.1) is 25.7 Å². The number of urea groups is 1. The number of benzene rings is 1. The number of piperidine rings is 1. The Morgan fingerprint density at radius 1 is 1.14 bits per heavy atom. The first-order chi connectivity index (χ1) is 10.1. The predicted molar refractivity (Wildman–Crippen MR) is 86.6 cm³/mol. The van der Waals surface area contributed by atoms with Gasteiger partial charge in [-0.1, -0.05) is 37.0 Å². The molecule has 114 valence electrons. The summed E-state index contributed by atoms with van der Waals surface area (Å²) < 4.78 is 0. The number of carbonyl (C=O) groups excluding carboxylic acids is 1. The van der Waals surface area contributed by atoms with Crippen molar-refractivity contribution >= 4 is 11.7 Å². The van der Waals surface area contributed by atoms with Crippen LogP contribution in [0.5, 0.6) is 0 Å². The molecule has 3 rings (SSSR count). The second-order valence-corrected chi connectivity index (χ2v) is 6.79. The number of nitrogens with zero attached hydrogens (tertiary/aromatic N) is 1. The van der Waals surface area contributed by atoms with Crippen molar-refractivity contribution in [1.82, 2.24) is 4.90 Å². The van der Waals surface area contributed by atoms with Gasteiger partial charge in [-0.05, 0) is 50.2 Å². The second kappa shape index (κ2) is 6.08. The first kappa shape index (κ1) is 14.4. The van der Waals surface area contributed by atoms with Gasteiger partial charge in [0.1, 0.15) is 0 Å². The average Bonchev–Trinajstić information content (AvgIpc) is 2.49. The number of aryl methyl sites for hydroxylation is 2. The Balaban J connectivity index is 1.63. The average molecular weight is 286 g/mol. The Labute approximate surface area is 127 Å². The summed E-state index contributed by atoms with van der Waals surface area (Å²) in [6.45, 7) is 5.99. The van der Waals surface area contributed by atoms with Crippen LogP contribution in [0.3, 0.4) is 0 Å². The molecule has 0 spiro atoms. The fourth-order valence-electron chi connectivity index (χ4n) is 3.93. The standard InChI is InChI=1S/C18H26N2O/c1-13-7-8-17(14(2)11-13)19-18(21)20-10-9-15-5-3-4-6-16(15)12-20/h7-8,11,15-16H,3-6,9-10,12H2,1-2H3,(H,19,21)/t15-,16-/m1/s1. The Kier molecular flexibility index (Phi) is 4.18. The van der Waals surface area contributed by atoms with Crippen LogP contribution in [0.4, 0.5) is 10.5 Å². The van der Waals surface area contributed by atoms with E-state index in [2.05, 4.69) is 31.3 Å². The number of amides is 2. The zero-order chi connectivity index (χ0) is 14.8. The molecular formula is C18H26N2O. The number of anilines is 1. The van der Waals surface area contributed by atoms with Gasteiger partial charge in [0.15, 0.2) is 0 Å². The van der Waals surface area contributed by atoms with Crippen molar-refractivity contribution in [2.75, 3.05) is 18.4 Å². The molecular weight excluding hydrogens is 260 g/mol. The molecule has 0 radical (unpaired) electrons. The molecule has 2 fully saturated rings. The lowest BCUT2D eigenvalue weighted by molar-refractivity contribution is 0.108. The maximum atomic E-state index is 12.5. The molecule has 1 aromatic rings. The maximum Gasteiger partial charge on any atom is 0.321 e. The topological polar surface area (TPSA) is 32.3 Å². The van der Waals surface area contributed by atoms with Gasteiger partial charge >= 0.3 is 6.03 Å². The summed E-state index contributed by atoms with van der Waals surface area (Å²) in [5, 5.41) is 3.09. The largest absolute Gasteiger partial charge is 0.324 e. The first-order valence-electron chi connectivity index (χ1n) is 8.26. The van der Waals surface area contributed by atoms with Crippen molar-refractivity contribution in [3.63, 3.8) is 0 Å². The van der Waals surface area contributed by atoms with Crippen LogP contribution in [0.1, 0.15) is 43.2 Å². The van der Waals surface area contributed by atoms with Gasteiger partial charge in [-0.15, -0.1) is 0 Å². The third kappa shape index (κ3) is 3.22. The summed E-state index contributed by atoms with van der Waals surface area (Å²) in [5.74, 6) is 1.60. The molecule has 0 unspecified atom stereocenters. The van der Waals surface area contributed by atoms with E-state index in [-0.39, 0.29) is 6.03 Å². The summed E-state index contributed by atoms with van der Waals surface area (Å²) in [7, 11) is 0. The number of nitrogens with one attached hydrogen (secondary N) is 1. The minimum atomic E-state index is 0.0750. The quantitative estimate of drug-likeness (QED) is 0.818. The molecule has 1 heterocycles. The Morgan fingerprint density at radius 3 is 2.67 bits per heavy atom.